The topological polar surface area (TPSA) is 44.8 Å². The van der Waals surface area contributed by atoms with Crippen molar-refractivity contribution in [3.8, 4) is 0 Å². The molecule has 1 aliphatic rings. The lowest BCUT2D eigenvalue weighted by molar-refractivity contribution is 0.0148. The first-order valence-electron chi connectivity index (χ1n) is 8.55. The Morgan fingerprint density at radius 3 is 2.64 bits per heavy atom. The molecule has 1 aliphatic heterocycles. The van der Waals surface area contributed by atoms with Gasteiger partial charge in [0, 0.05) is 32.0 Å². The summed E-state index contributed by atoms with van der Waals surface area (Å²) in [5.74, 6) is 0. The minimum Gasteiger partial charge on any atom is -0.377 e. The number of ether oxygens (including phenoxy) is 1. The van der Waals surface area contributed by atoms with Gasteiger partial charge in [-0.15, -0.1) is 0 Å². The number of morpholine rings is 1. The Bertz CT molecular complexity index is 731. The lowest BCUT2D eigenvalue weighted by atomic mass is 10.1. The molecule has 0 aromatic heterocycles. The number of urea groups is 1. The van der Waals surface area contributed by atoms with Crippen molar-refractivity contribution in [3.63, 3.8) is 0 Å². The van der Waals surface area contributed by atoms with Crippen LogP contribution in [0.1, 0.15) is 17.2 Å². The summed E-state index contributed by atoms with van der Waals surface area (Å²) in [5, 5.41) is 3.08. The molecule has 1 fully saturated rings. The van der Waals surface area contributed by atoms with E-state index in [1.165, 1.54) is 0 Å². The molecule has 2 aromatic carbocycles. The van der Waals surface area contributed by atoms with Crippen LogP contribution in [0, 0.1) is 6.92 Å². The molecule has 0 radical (unpaired) electrons. The zero-order chi connectivity index (χ0) is 17.8. The van der Waals surface area contributed by atoms with Crippen LogP contribution < -0.4 is 10.2 Å². The van der Waals surface area contributed by atoms with Gasteiger partial charge in [0.25, 0.3) is 0 Å². The molecule has 1 N–H and O–H groups in total. The number of carbonyl (C=O) groups is 1. The first-order chi connectivity index (χ1) is 12.1. The standard InChI is InChI=1S/C20H25N3O2/c1-15-17(10-7-11-18(15)22(2)3)21-20(24)23-12-13-25-14-19(23)16-8-5-4-6-9-16/h4-11,19H,12-14H2,1-3H3,(H,21,24)/t19-/m1/s1. The monoisotopic (exact) mass is 339 g/mol. The zero-order valence-corrected chi connectivity index (χ0v) is 15.0. The Balaban J connectivity index is 1.81. The summed E-state index contributed by atoms with van der Waals surface area (Å²) >= 11 is 0. The van der Waals surface area contributed by atoms with Crippen LogP contribution in [0.25, 0.3) is 0 Å². The second-order valence-corrected chi connectivity index (χ2v) is 6.47. The van der Waals surface area contributed by atoms with E-state index in [9.17, 15) is 4.79 Å². The largest absolute Gasteiger partial charge is 0.377 e. The number of hydrogen-bond donors (Lipinski definition) is 1. The van der Waals surface area contributed by atoms with E-state index in [0.29, 0.717) is 19.8 Å². The SMILES string of the molecule is Cc1c(NC(=O)N2CCOC[C@@H]2c2ccccc2)cccc1N(C)C. The molecule has 0 spiro atoms. The second-order valence-electron chi connectivity index (χ2n) is 6.47. The Morgan fingerprint density at radius 2 is 1.92 bits per heavy atom. The molecule has 132 valence electrons. The molecule has 1 heterocycles. The van der Waals surface area contributed by atoms with E-state index in [0.717, 1.165) is 22.5 Å². The van der Waals surface area contributed by atoms with Crippen molar-refractivity contribution in [3.05, 3.63) is 59.7 Å². The molecule has 1 saturated heterocycles. The van der Waals surface area contributed by atoms with Crippen molar-refractivity contribution in [2.75, 3.05) is 44.1 Å². The number of anilines is 2. The fourth-order valence-electron chi connectivity index (χ4n) is 3.23. The van der Waals surface area contributed by atoms with Gasteiger partial charge in [-0.25, -0.2) is 4.79 Å². The maximum Gasteiger partial charge on any atom is 0.322 e. The average Bonchev–Trinajstić information content (AvgIpc) is 2.64. The predicted octanol–water partition coefficient (Wildman–Crippen LogP) is 3.67. The molecule has 2 aromatic rings. The first-order valence-corrected chi connectivity index (χ1v) is 8.55. The molecule has 0 bridgehead atoms. The average molecular weight is 339 g/mol. The fourth-order valence-corrected chi connectivity index (χ4v) is 3.23. The van der Waals surface area contributed by atoms with Crippen LogP contribution in [0.4, 0.5) is 16.2 Å². The van der Waals surface area contributed by atoms with Crippen LogP contribution in [-0.4, -0.2) is 44.8 Å². The van der Waals surface area contributed by atoms with Gasteiger partial charge < -0.3 is 19.9 Å². The van der Waals surface area contributed by atoms with E-state index in [4.69, 9.17) is 4.74 Å². The number of nitrogens with one attached hydrogen (secondary N) is 1. The summed E-state index contributed by atoms with van der Waals surface area (Å²) in [6.07, 6.45) is 0. The Kier molecular flexibility index (Phi) is 5.24. The molecule has 5 heteroatoms. The number of benzene rings is 2. The molecule has 0 aliphatic carbocycles. The normalized spacial score (nSPS) is 17.2. The summed E-state index contributed by atoms with van der Waals surface area (Å²) in [4.78, 5) is 16.8. The quantitative estimate of drug-likeness (QED) is 0.928. The zero-order valence-electron chi connectivity index (χ0n) is 15.0. The Labute approximate surface area is 149 Å². The van der Waals surface area contributed by atoms with Gasteiger partial charge in [0.2, 0.25) is 0 Å². The van der Waals surface area contributed by atoms with Crippen LogP contribution in [0.5, 0.6) is 0 Å². The molecular formula is C20H25N3O2. The molecule has 5 nitrogen and oxygen atoms in total. The van der Waals surface area contributed by atoms with Crippen molar-refractivity contribution in [1.29, 1.82) is 0 Å². The van der Waals surface area contributed by atoms with Crippen molar-refractivity contribution in [2.45, 2.75) is 13.0 Å². The van der Waals surface area contributed by atoms with Crippen LogP contribution in [0.15, 0.2) is 48.5 Å². The summed E-state index contributed by atoms with van der Waals surface area (Å²) in [6, 6.07) is 15.8. The van der Waals surface area contributed by atoms with Gasteiger partial charge in [-0.1, -0.05) is 36.4 Å². The van der Waals surface area contributed by atoms with E-state index >= 15 is 0 Å². The van der Waals surface area contributed by atoms with Crippen molar-refractivity contribution in [1.82, 2.24) is 4.90 Å². The highest BCUT2D eigenvalue weighted by molar-refractivity contribution is 5.91. The molecule has 0 unspecified atom stereocenters. The van der Waals surface area contributed by atoms with Gasteiger partial charge in [-0.05, 0) is 30.2 Å². The van der Waals surface area contributed by atoms with Crippen LogP contribution >= 0.6 is 0 Å². The van der Waals surface area contributed by atoms with E-state index in [1.807, 2.05) is 79.3 Å². The number of rotatable bonds is 3. The molecular weight excluding hydrogens is 314 g/mol. The van der Waals surface area contributed by atoms with Gasteiger partial charge in [-0.3, -0.25) is 0 Å². The van der Waals surface area contributed by atoms with E-state index in [-0.39, 0.29) is 12.1 Å². The minimum atomic E-state index is -0.0869. The first kappa shape index (κ1) is 17.3. The van der Waals surface area contributed by atoms with Gasteiger partial charge in [0.05, 0.1) is 19.3 Å². The highest BCUT2D eigenvalue weighted by atomic mass is 16.5. The number of carbonyl (C=O) groups excluding carboxylic acids is 1. The van der Waals surface area contributed by atoms with Crippen molar-refractivity contribution < 1.29 is 9.53 Å². The maximum atomic E-state index is 12.9. The summed E-state index contributed by atoms with van der Waals surface area (Å²) in [5.41, 5.74) is 4.09. The highest BCUT2D eigenvalue weighted by Crippen LogP contribution is 2.28. The van der Waals surface area contributed by atoms with Gasteiger partial charge in [0.15, 0.2) is 0 Å². The highest BCUT2D eigenvalue weighted by Gasteiger charge is 2.28. The minimum absolute atomic E-state index is 0.0627. The smallest absolute Gasteiger partial charge is 0.322 e. The molecule has 25 heavy (non-hydrogen) atoms. The van der Waals surface area contributed by atoms with E-state index in [2.05, 4.69) is 5.32 Å². The van der Waals surface area contributed by atoms with Crippen molar-refractivity contribution in [2.24, 2.45) is 0 Å². The lowest BCUT2D eigenvalue weighted by Crippen LogP contribution is -2.45. The number of nitrogens with zero attached hydrogens (tertiary/aromatic N) is 2. The lowest BCUT2D eigenvalue weighted by Gasteiger charge is -2.36. The van der Waals surface area contributed by atoms with E-state index < -0.39 is 0 Å². The van der Waals surface area contributed by atoms with Crippen LogP contribution in [0.2, 0.25) is 0 Å². The number of hydrogen-bond acceptors (Lipinski definition) is 3. The van der Waals surface area contributed by atoms with Crippen LogP contribution in [0.3, 0.4) is 0 Å². The number of amides is 2. The molecule has 1 atom stereocenters. The van der Waals surface area contributed by atoms with Crippen molar-refractivity contribution >= 4 is 17.4 Å². The third kappa shape index (κ3) is 3.77. The summed E-state index contributed by atoms with van der Waals surface area (Å²) in [6.45, 7) is 3.69. The molecule has 2 amide bonds. The molecule has 0 saturated carbocycles. The third-order valence-corrected chi connectivity index (χ3v) is 4.60. The third-order valence-electron chi connectivity index (χ3n) is 4.60. The Morgan fingerprint density at radius 1 is 1.16 bits per heavy atom. The fraction of sp³-hybridized carbons (Fsp3) is 0.350. The summed E-state index contributed by atoms with van der Waals surface area (Å²) < 4.78 is 5.61. The Hall–Kier alpha value is -2.53. The van der Waals surface area contributed by atoms with E-state index in [1.54, 1.807) is 0 Å². The van der Waals surface area contributed by atoms with Gasteiger partial charge in [0.1, 0.15) is 0 Å². The summed E-state index contributed by atoms with van der Waals surface area (Å²) in [7, 11) is 4.00. The van der Waals surface area contributed by atoms with Gasteiger partial charge >= 0.3 is 6.03 Å². The predicted molar refractivity (Wildman–Crippen MR) is 101 cm³/mol. The molecule has 3 rings (SSSR count). The maximum absolute atomic E-state index is 12.9. The van der Waals surface area contributed by atoms with Crippen LogP contribution in [-0.2, 0) is 4.74 Å². The van der Waals surface area contributed by atoms with Gasteiger partial charge in [-0.2, -0.15) is 0 Å². The second kappa shape index (κ2) is 7.57.